The van der Waals surface area contributed by atoms with Crippen molar-refractivity contribution >= 4 is 33.4 Å². The topological polar surface area (TPSA) is 40.5 Å². The van der Waals surface area contributed by atoms with Gasteiger partial charge in [-0.25, -0.2) is 0 Å². The molecule has 3 nitrogen and oxygen atoms in total. The molecule has 2 rings (SSSR count). The van der Waals surface area contributed by atoms with Gasteiger partial charge in [-0.1, -0.05) is 57.9 Å². The van der Waals surface area contributed by atoms with E-state index in [4.69, 9.17) is 11.6 Å². The molecule has 0 spiro atoms. The summed E-state index contributed by atoms with van der Waals surface area (Å²) in [6.07, 6.45) is 0. The monoisotopic (exact) mass is 367 g/mol. The third-order valence-corrected chi connectivity index (χ3v) is 3.64. The van der Waals surface area contributed by atoms with Crippen molar-refractivity contribution in [2.45, 2.75) is 6.54 Å². The number of carbonyl (C=O) groups is 1. The molecular weight excluding hydrogens is 354 g/mol. The van der Waals surface area contributed by atoms with Crippen LogP contribution in [0.5, 0.6) is 5.75 Å². The highest BCUT2D eigenvalue weighted by Gasteiger charge is 2.19. The summed E-state index contributed by atoms with van der Waals surface area (Å²) in [6.45, 7) is 1.04. The van der Waals surface area contributed by atoms with Gasteiger partial charge in [0, 0.05) is 23.4 Å². The Bertz CT molecular complexity index is 619. The minimum absolute atomic E-state index is 0.0971. The van der Waals surface area contributed by atoms with E-state index in [1.807, 2.05) is 30.3 Å². The molecule has 0 radical (unpaired) electrons. The molecular formula is C16H15BrClNO2. The highest BCUT2D eigenvalue weighted by Crippen LogP contribution is 2.24. The summed E-state index contributed by atoms with van der Waals surface area (Å²) in [5, 5.41) is 11.0. The van der Waals surface area contributed by atoms with Crippen LogP contribution < -0.4 is 0 Å². The summed E-state index contributed by atoms with van der Waals surface area (Å²) in [4.78, 5) is 14.3. The molecule has 0 heterocycles. The Labute approximate surface area is 137 Å². The number of aromatic hydroxyl groups is 1. The van der Waals surface area contributed by atoms with Crippen LogP contribution in [0.2, 0.25) is 5.02 Å². The number of carbonyl (C=O) groups excluding carboxylic acids is 1. The van der Waals surface area contributed by atoms with E-state index in [0.717, 1.165) is 5.56 Å². The summed E-state index contributed by atoms with van der Waals surface area (Å²) in [6, 6.07) is 14.3. The molecule has 2 aromatic rings. The van der Waals surface area contributed by atoms with Gasteiger partial charge in [0.2, 0.25) is 0 Å². The molecule has 0 atom stereocenters. The van der Waals surface area contributed by atoms with E-state index in [2.05, 4.69) is 15.9 Å². The summed E-state index contributed by atoms with van der Waals surface area (Å²) < 4.78 is 0. The minimum atomic E-state index is -0.215. The first kappa shape index (κ1) is 15.9. The molecule has 0 fully saturated rings. The lowest BCUT2D eigenvalue weighted by molar-refractivity contribution is 0.0751. The Morgan fingerprint density at radius 2 is 1.90 bits per heavy atom. The third-order valence-electron chi connectivity index (χ3n) is 3.05. The number of hydrogen-bond donors (Lipinski definition) is 1. The van der Waals surface area contributed by atoms with Crippen LogP contribution in [0.3, 0.4) is 0 Å². The van der Waals surface area contributed by atoms with Gasteiger partial charge >= 0.3 is 0 Å². The van der Waals surface area contributed by atoms with Crippen molar-refractivity contribution in [3.8, 4) is 5.75 Å². The number of hydrogen-bond acceptors (Lipinski definition) is 2. The molecule has 21 heavy (non-hydrogen) atoms. The van der Waals surface area contributed by atoms with Gasteiger partial charge in [0.1, 0.15) is 5.75 Å². The summed E-state index contributed by atoms with van der Waals surface area (Å²) in [7, 11) is 0. The van der Waals surface area contributed by atoms with E-state index in [1.165, 1.54) is 6.07 Å². The largest absolute Gasteiger partial charge is 0.507 e. The van der Waals surface area contributed by atoms with Gasteiger partial charge < -0.3 is 10.0 Å². The average molecular weight is 369 g/mol. The quantitative estimate of drug-likeness (QED) is 0.808. The van der Waals surface area contributed by atoms with E-state index in [-0.39, 0.29) is 17.2 Å². The Morgan fingerprint density at radius 1 is 1.19 bits per heavy atom. The second kappa shape index (κ2) is 7.48. The normalized spacial score (nSPS) is 10.4. The lowest BCUT2D eigenvalue weighted by Gasteiger charge is -2.22. The predicted octanol–water partition coefficient (Wildman–Crippen LogP) is 4.08. The summed E-state index contributed by atoms with van der Waals surface area (Å²) in [5.41, 5.74) is 1.30. The first-order valence-electron chi connectivity index (χ1n) is 6.49. The van der Waals surface area contributed by atoms with Crippen molar-refractivity contribution in [1.82, 2.24) is 4.90 Å². The zero-order valence-electron chi connectivity index (χ0n) is 11.3. The minimum Gasteiger partial charge on any atom is -0.507 e. The molecule has 0 saturated heterocycles. The Hall–Kier alpha value is -1.52. The number of phenols is 1. The van der Waals surface area contributed by atoms with Crippen LogP contribution in [0.1, 0.15) is 15.9 Å². The molecule has 2 aromatic carbocycles. The Balaban J connectivity index is 2.23. The van der Waals surface area contributed by atoms with Crippen molar-refractivity contribution in [3.63, 3.8) is 0 Å². The maximum atomic E-state index is 12.6. The predicted molar refractivity (Wildman–Crippen MR) is 88.1 cm³/mol. The van der Waals surface area contributed by atoms with Crippen LogP contribution in [-0.4, -0.2) is 27.8 Å². The van der Waals surface area contributed by atoms with Crippen molar-refractivity contribution < 1.29 is 9.90 Å². The van der Waals surface area contributed by atoms with Gasteiger partial charge in [0.25, 0.3) is 5.91 Å². The molecule has 0 aromatic heterocycles. The third kappa shape index (κ3) is 4.22. The molecule has 1 amide bonds. The molecule has 0 bridgehead atoms. The number of amides is 1. The number of phenolic OH excluding ortho intramolecular Hbond substituents is 1. The molecule has 1 N–H and O–H groups in total. The van der Waals surface area contributed by atoms with Crippen LogP contribution >= 0.6 is 27.5 Å². The zero-order chi connectivity index (χ0) is 15.2. The lowest BCUT2D eigenvalue weighted by Crippen LogP contribution is -2.32. The van der Waals surface area contributed by atoms with Crippen molar-refractivity contribution in [2.75, 3.05) is 11.9 Å². The van der Waals surface area contributed by atoms with Crippen LogP contribution in [0, 0.1) is 0 Å². The number of rotatable bonds is 5. The molecule has 0 aliphatic heterocycles. The second-order valence-electron chi connectivity index (χ2n) is 4.56. The molecule has 0 saturated carbocycles. The van der Waals surface area contributed by atoms with E-state index >= 15 is 0 Å². The van der Waals surface area contributed by atoms with Crippen molar-refractivity contribution in [1.29, 1.82) is 0 Å². The molecule has 0 unspecified atom stereocenters. The smallest absolute Gasteiger partial charge is 0.257 e. The first-order valence-corrected chi connectivity index (χ1v) is 7.99. The fourth-order valence-electron chi connectivity index (χ4n) is 2.01. The second-order valence-corrected chi connectivity index (χ2v) is 5.79. The first-order chi connectivity index (χ1) is 10.1. The van der Waals surface area contributed by atoms with Gasteiger partial charge in [-0.05, 0) is 23.8 Å². The van der Waals surface area contributed by atoms with Crippen molar-refractivity contribution in [3.05, 3.63) is 64.7 Å². The van der Waals surface area contributed by atoms with Gasteiger partial charge in [-0.15, -0.1) is 0 Å². The number of nitrogens with zero attached hydrogens (tertiary/aromatic N) is 1. The van der Waals surface area contributed by atoms with Crippen molar-refractivity contribution in [2.24, 2.45) is 0 Å². The Kier molecular flexibility index (Phi) is 5.65. The highest BCUT2D eigenvalue weighted by atomic mass is 79.9. The van der Waals surface area contributed by atoms with E-state index in [0.29, 0.717) is 23.4 Å². The Morgan fingerprint density at radius 3 is 2.52 bits per heavy atom. The number of alkyl halides is 1. The zero-order valence-corrected chi connectivity index (χ0v) is 13.6. The van der Waals surface area contributed by atoms with Gasteiger partial charge in [0.05, 0.1) is 5.56 Å². The fourth-order valence-corrected chi connectivity index (χ4v) is 2.61. The highest BCUT2D eigenvalue weighted by molar-refractivity contribution is 9.09. The maximum Gasteiger partial charge on any atom is 0.257 e. The molecule has 5 heteroatoms. The standard InChI is InChI=1S/C16H15BrClNO2/c17-8-9-19(11-12-4-2-1-3-5-12)16(21)14-7-6-13(18)10-15(14)20/h1-7,10,20H,8-9,11H2. The maximum absolute atomic E-state index is 12.6. The van der Waals surface area contributed by atoms with Gasteiger partial charge in [-0.3, -0.25) is 4.79 Å². The van der Waals surface area contributed by atoms with Gasteiger partial charge in [0.15, 0.2) is 0 Å². The van der Waals surface area contributed by atoms with E-state index < -0.39 is 0 Å². The summed E-state index contributed by atoms with van der Waals surface area (Å²) >= 11 is 9.16. The SMILES string of the molecule is O=C(c1ccc(Cl)cc1O)N(CCBr)Cc1ccccc1. The lowest BCUT2D eigenvalue weighted by atomic mass is 10.1. The number of benzene rings is 2. The van der Waals surface area contributed by atoms with E-state index in [9.17, 15) is 9.90 Å². The van der Waals surface area contributed by atoms with E-state index in [1.54, 1.807) is 17.0 Å². The van der Waals surface area contributed by atoms with Crippen LogP contribution in [0.15, 0.2) is 48.5 Å². The van der Waals surface area contributed by atoms with Gasteiger partial charge in [-0.2, -0.15) is 0 Å². The average Bonchev–Trinajstić information content (AvgIpc) is 2.47. The number of halogens is 2. The molecule has 0 aliphatic carbocycles. The summed E-state index contributed by atoms with van der Waals surface area (Å²) in [5.74, 6) is -0.312. The van der Waals surface area contributed by atoms with Crippen LogP contribution in [-0.2, 0) is 6.54 Å². The van der Waals surface area contributed by atoms with Crippen LogP contribution in [0.25, 0.3) is 0 Å². The van der Waals surface area contributed by atoms with Crippen LogP contribution in [0.4, 0.5) is 0 Å². The molecule has 110 valence electrons. The molecule has 0 aliphatic rings. The fraction of sp³-hybridized carbons (Fsp3) is 0.188.